The fraction of sp³-hybridized carbons (Fsp3) is 0.333. The molecule has 7 heteroatoms. The van der Waals surface area contributed by atoms with Crippen molar-refractivity contribution < 1.29 is 22.7 Å². The van der Waals surface area contributed by atoms with Gasteiger partial charge >= 0.3 is 6.18 Å². The first-order chi connectivity index (χ1) is 7.40. The normalized spacial score (nSPS) is 11.6. The average molecular weight is 256 g/mol. The molecule has 0 unspecified atom stereocenters. The molecule has 0 radical (unpaired) electrons. The summed E-state index contributed by atoms with van der Waals surface area (Å²) in [4.78, 5) is 4.29. The molecule has 16 heavy (non-hydrogen) atoms. The van der Waals surface area contributed by atoms with Crippen LogP contribution in [0.4, 0.5) is 13.2 Å². The highest BCUT2D eigenvalue weighted by atomic mass is 35.5. The molecule has 0 bridgehead atoms. The number of rotatable bonds is 3. The van der Waals surface area contributed by atoms with Gasteiger partial charge in [-0.05, 0) is 12.1 Å². The smallest absolute Gasteiger partial charge is 0.420 e. The van der Waals surface area contributed by atoms with Crippen molar-refractivity contribution >= 4 is 11.6 Å². The Bertz CT molecular complexity index is 382. The summed E-state index contributed by atoms with van der Waals surface area (Å²) in [5.41, 5.74) is -0.806. The predicted octanol–water partition coefficient (Wildman–Crippen LogP) is 2.76. The van der Waals surface area contributed by atoms with Gasteiger partial charge in [-0.25, -0.2) is 5.90 Å². The van der Waals surface area contributed by atoms with Gasteiger partial charge in [-0.3, -0.25) is 4.84 Å². The lowest BCUT2D eigenvalue weighted by Crippen LogP contribution is -2.10. The summed E-state index contributed by atoms with van der Waals surface area (Å²) in [5.74, 6) is 4.48. The molecule has 3 nitrogen and oxygen atoms in total. The van der Waals surface area contributed by atoms with E-state index in [4.69, 9.17) is 22.2 Å². The van der Waals surface area contributed by atoms with E-state index in [1.165, 1.54) is 6.07 Å². The molecule has 90 valence electrons. The van der Waals surface area contributed by atoms with E-state index in [-0.39, 0.29) is 22.9 Å². The number of halogens is 4. The Morgan fingerprint density at radius 2 is 2.00 bits per heavy atom. The Hall–Kier alpha value is -0.980. The summed E-state index contributed by atoms with van der Waals surface area (Å²) < 4.78 is 42.6. The number of benzene rings is 1. The molecular weight excluding hydrogens is 247 g/mol. The lowest BCUT2D eigenvalue weighted by molar-refractivity contribution is -0.138. The van der Waals surface area contributed by atoms with Crippen LogP contribution in [0.25, 0.3) is 0 Å². The van der Waals surface area contributed by atoms with E-state index in [1.54, 1.807) is 0 Å². The molecule has 1 aromatic carbocycles. The third kappa shape index (κ3) is 2.78. The Morgan fingerprint density at radius 3 is 2.44 bits per heavy atom. The molecule has 0 saturated heterocycles. The highest BCUT2D eigenvalue weighted by Crippen LogP contribution is 2.40. The number of methoxy groups -OCH3 is 1. The van der Waals surface area contributed by atoms with Crippen molar-refractivity contribution in [3.63, 3.8) is 0 Å². The Balaban J connectivity index is 3.36. The van der Waals surface area contributed by atoms with Crippen molar-refractivity contribution in [2.45, 2.75) is 12.8 Å². The molecule has 0 aliphatic carbocycles. The number of hydrogen-bond donors (Lipinski definition) is 1. The molecule has 1 aromatic rings. The minimum absolute atomic E-state index is 0.0554. The molecule has 2 N–H and O–H groups in total. The second-order valence-electron chi connectivity index (χ2n) is 2.95. The zero-order valence-electron chi connectivity index (χ0n) is 8.27. The molecule has 0 heterocycles. The molecular formula is C9H9ClF3NO2. The SMILES string of the molecule is COc1c(CON)cc(Cl)cc1C(F)(F)F. The number of hydrogen-bond acceptors (Lipinski definition) is 3. The Morgan fingerprint density at radius 1 is 1.38 bits per heavy atom. The van der Waals surface area contributed by atoms with Crippen LogP contribution >= 0.6 is 11.6 Å². The summed E-state index contributed by atoms with van der Waals surface area (Å²) in [6.07, 6.45) is -4.54. The van der Waals surface area contributed by atoms with E-state index in [0.29, 0.717) is 0 Å². The molecule has 0 aliphatic heterocycles. The fourth-order valence-electron chi connectivity index (χ4n) is 1.30. The summed E-state index contributed by atoms with van der Waals surface area (Å²) in [6.45, 7) is -0.215. The number of alkyl halides is 3. The van der Waals surface area contributed by atoms with Crippen LogP contribution in [0.3, 0.4) is 0 Å². The van der Waals surface area contributed by atoms with Gasteiger partial charge in [0.05, 0.1) is 19.3 Å². The minimum Gasteiger partial charge on any atom is -0.496 e. The largest absolute Gasteiger partial charge is 0.496 e. The second kappa shape index (κ2) is 4.90. The van der Waals surface area contributed by atoms with Gasteiger partial charge in [-0.2, -0.15) is 13.2 Å². The van der Waals surface area contributed by atoms with Crippen molar-refractivity contribution in [3.8, 4) is 5.75 Å². The van der Waals surface area contributed by atoms with Crippen LogP contribution in [0, 0.1) is 0 Å². The van der Waals surface area contributed by atoms with Gasteiger partial charge in [0, 0.05) is 10.6 Å². The van der Waals surface area contributed by atoms with E-state index in [2.05, 4.69) is 4.84 Å². The van der Waals surface area contributed by atoms with Gasteiger partial charge in [-0.1, -0.05) is 11.6 Å². The maximum Gasteiger partial charge on any atom is 0.420 e. The van der Waals surface area contributed by atoms with E-state index in [9.17, 15) is 13.2 Å². The highest BCUT2D eigenvalue weighted by Gasteiger charge is 2.35. The summed E-state index contributed by atoms with van der Waals surface area (Å²) >= 11 is 5.57. The second-order valence-corrected chi connectivity index (χ2v) is 3.39. The zero-order valence-corrected chi connectivity index (χ0v) is 9.02. The quantitative estimate of drug-likeness (QED) is 0.845. The fourth-order valence-corrected chi connectivity index (χ4v) is 1.54. The van der Waals surface area contributed by atoms with Crippen LogP contribution in [0.2, 0.25) is 5.02 Å². The van der Waals surface area contributed by atoms with E-state index in [1.807, 2.05) is 0 Å². The van der Waals surface area contributed by atoms with Gasteiger partial charge in [0.2, 0.25) is 0 Å². The van der Waals surface area contributed by atoms with Crippen LogP contribution in [0.5, 0.6) is 5.75 Å². The third-order valence-corrected chi connectivity index (χ3v) is 2.10. The first kappa shape index (κ1) is 13.1. The molecule has 0 aliphatic rings. The molecule has 0 fully saturated rings. The minimum atomic E-state index is -4.54. The molecule has 0 saturated carbocycles. The molecule has 0 aromatic heterocycles. The standard InChI is InChI=1S/C9H9ClF3NO2/c1-15-8-5(4-16-14)2-6(10)3-7(8)9(11,12)13/h2-3H,4,14H2,1H3. The monoisotopic (exact) mass is 255 g/mol. The zero-order chi connectivity index (χ0) is 12.3. The van der Waals surface area contributed by atoms with Crippen molar-refractivity contribution in [1.82, 2.24) is 0 Å². The third-order valence-electron chi connectivity index (χ3n) is 1.88. The van der Waals surface area contributed by atoms with Gasteiger partial charge in [0.25, 0.3) is 0 Å². The van der Waals surface area contributed by atoms with Crippen LogP contribution in [0.15, 0.2) is 12.1 Å². The first-order valence-electron chi connectivity index (χ1n) is 4.15. The van der Waals surface area contributed by atoms with Crippen LogP contribution < -0.4 is 10.6 Å². The van der Waals surface area contributed by atoms with Crippen molar-refractivity contribution in [2.24, 2.45) is 5.90 Å². The maximum atomic E-state index is 12.6. The average Bonchev–Trinajstić information content (AvgIpc) is 2.16. The summed E-state index contributed by atoms with van der Waals surface area (Å²) in [5, 5.41) is -0.0554. The van der Waals surface area contributed by atoms with Crippen LogP contribution in [-0.4, -0.2) is 7.11 Å². The van der Waals surface area contributed by atoms with Crippen molar-refractivity contribution in [3.05, 3.63) is 28.3 Å². The number of ether oxygens (including phenoxy) is 1. The van der Waals surface area contributed by atoms with Gasteiger partial charge in [0.1, 0.15) is 5.75 Å². The molecule has 0 amide bonds. The predicted molar refractivity (Wildman–Crippen MR) is 52.0 cm³/mol. The van der Waals surface area contributed by atoms with E-state index >= 15 is 0 Å². The first-order valence-corrected chi connectivity index (χ1v) is 4.53. The Kier molecular flexibility index (Phi) is 4.01. The van der Waals surface area contributed by atoms with Crippen LogP contribution in [-0.2, 0) is 17.6 Å². The van der Waals surface area contributed by atoms with Gasteiger partial charge in [0.15, 0.2) is 0 Å². The van der Waals surface area contributed by atoms with Crippen molar-refractivity contribution in [1.29, 1.82) is 0 Å². The molecule has 0 atom stereocenters. The lowest BCUT2D eigenvalue weighted by atomic mass is 10.1. The molecule has 0 spiro atoms. The topological polar surface area (TPSA) is 44.5 Å². The lowest BCUT2D eigenvalue weighted by Gasteiger charge is -2.15. The highest BCUT2D eigenvalue weighted by molar-refractivity contribution is 6.30. The van der Waals surface area contributed by atoms with Gasteiger partial charge in [-0.15, -0.1) is 0 Å². The summed E-state index contributed by atoms with van der Waals surface area (Å²) in [7, 11) is 1.14. The van der Waals surface area contributed by atoms with Gasteiger partial charge < -0.3 is 4.74 Å². The van der Waals surface area contributed by atoms with E-state index in [0.717, 1.165) is 13.2 Å². The van der Waals surface area contributed by atoms with Crippen molar-refractivity contribution in [2.75, 3.05) is 7.11 Å². The van der Waals surface area contributed by atoms with E-state index < -0.39 is 11.7 Å². The van der Waals surface area contributed by atoms with Crippen LogP contribution in [0.1, 0.15) is 11.1 Å². The Labute approximate surface area is 94.8 Å². The summed E-state index contributed by atoms with van der Waals surface area (Å²) in [6, 6.07) is 2.10. The molecule has 1 rings (SSSR count). The maximum absolute atomic E-state index is 12.6. The number of nitrogens with two attached hydrogens (primary N) is 1.